The molecule has 0 spiro atoms. The maximum atomic E-state index is 12.9. The number of halogens is 3. The number of hydrogen-bond donors (Lipinski definition) is 1. The third kappa shape index (κ3) is 2.01. The molecular weight excluding hydrogens is 228 g/mol. The van der Waals surface area contributed by atoms with Gasteiger partial charge in [-0.25, -0.2) is 8.78 Å². The zero-order valence-corrected chi connectivity index (χ0v) is 8.08. The highest BCUT2D eigenvalue weighted by Crippen LogP contribution is 2.19. The SMILES string of the molecule is CNCc1cc(Br)c(F)cc1F. The van der Waals surface area contributed by atoms with Crippen molar-refractivity contribution in [3.63, 3.8) is 0 Å². The van der Waals surface area contributed by atoms with Crippen molar-refractivity contribution in [2.75, 3.05) is 7.05 Å². The summed E-state index contributed by atoms with van der Waals surface area (Å²) in [5.74, 6) is -1.10. The summed E-state index contributed by atoms with van der Waals surface area (Å²) in [7, 11) is 1.71. The van der Waals surface area contributed by atoms with Crippen LogP contribution in [0.15, 0.2) is 16.6 Å². The molecule has 0 aliphatic carbocycles. The minimum atomic E-state index is -0.577. The third-order valence-corrected chi connectivity index (χ3v) is 2.06. The number of hydrogen-bond acceptors (Lipinski definition) is 1. The second kappa shape index (κ2) is 3.96. The minimum Gasteiger partial charge on any atom is -0.316 e. The minimum absolute atomic E-state index is 0.286. The topological polar surface area (TPSA) is 12.0 Å². The first-order chi connectivity index (χ1) is 5.65. The van der Waals surface area contributed by atoms with Crippen LogP contribution in [-0.4, -0.2) is 7.05 Å². The molecule has 0 saturated heterocycles. The molecule has 0 unspecified atom stereocenters. The maximum Gasteiger partial charge on any atom is 0.140 e. The van der Waals surface area contributed by atoms with Crippen molar-refractivity contribution in [3.05, 3.63) is 33.8 Å². The van der Waals surface area contributed by atoms with Gasteiger partial charge in [0.15, 0.2) is 0 Å². The molecule has 1 nitrogen and oxygen atoms in total. The van der Waals surface area contributed by atoms with Crippen LogP contribution >= 0.6 is 15.9 Å². The highest BCUT2D eigenvalue weighted by Gasteiger charge is 2.06. The van der Waals surface area contributed by atoms with Gasteiger partial charge in [-0.3, -0.25) is 0 Å². The molecule has 1 N–H and O–H groups in total. The lowest BCUT2D eigenvalue weighted by molar-refractivity contribution is 0.563. The van der Waals surface area contributed by atoms with E-state index in [1.165, 1.54) is 6.07 Å². The molecular formula is C8H8BrF2N. The van der Waals surface area contributed by atoms with Gasteiger partial charge in [-0.1, -0.05) is 0 Å². The Morgan fingerprint density at radius 1 is 1.33 bits per heavy atom. The van der Waals surface area contributed by atoms with Gasteiger partial charge < -0.3 is 5.32 Å². The van der Waals surface area contributed by atoms with Gasteiger partial charge in [-0.05, 0) is 29.0 Å². The second-order valence-electron chi connectivity index (χ2n) is 2.39. The van der Waals surface area contributed by atoms with Crippen LogP contribution in [0, 0.1) is 11.6 Å². The van der Waals surface area contributed by atoms with Crippen LogP contribution in [0.5, 0.6) is 0 Å². The molecule has 12 heavy (non-hydrogen) atoms. The van der Waals surface area contributed by atoms with Crippen molar-refractivity contribution in [2.24, 2.45) is 0 Å². The molecule has 0 aliphatic rings. The smallest absolute Gasteiger partial charge is 0.140 e. The summed E-state index contributed by atoms with van der Waals surface area (Å²) >= 11 is 2.98. The predicted octanol–water partition coefficient (Wildman–Crippen LogP) is 2.45. The van der Waals surface area contributed by atoms with Gasteiger partial charge >= 0.3 is 0 Å². The van der Waals surface area contributed by atoms with Crippen molar-refractivity contribution in [1.82, 2.24) is 5.32 Å². The average Bonchev–Trinajstić information content (AvgIpc) is 2.01. The Kier molecular flexibility index (Phi) is 3.17. The molecule has 0 saturated carbocycles. The summed E-state index contributed by atoms with van der Waals surface area (Å²) in [6.07, 6.45) is 0. The molecule has 0 amide bonds. The third-order valence-electron chi connectivity index (χ3n) is 1.46. The van der Waals surface area contributed by atoms with Crippen molar-refractivity contribution >= 4 is 15.9 Å². The van der Waals surface area contributed by atoms with Gasteiger partial charge in [-0.2, -0.15) is 0 Å². The van der Waals surface area contributed by atoms with E-state index in [2.05, 4.69) is 21.2 Å². The van der Waals surface area contributed by atoms with Gasteiger partial charge in [0, 0.05) is 18.2 Å². The molecule has 1 aromatic carbocycles. The molecule has 0 radical (unpaired) electrons. The molecule has 0 aromatic heterocycles. The van der Waals surface area contributed by atoms with E-state index in [0.717, 1.165) is 6.07 Å². The summed E-state index contributed by atoms with van der Waals surface area (Å²) in [6, 6.07) is 2.30. The van der Waals surface area contributed by atoms with Crippen molar-refractivity contribution < 1.29 is 8.78 Å². The first kappa shape index (κ1) is 9.61. The summed E-state index contributed by atoms with van der Waals surface area (Å²) in [4.78, 5) is 0. The summed E-state index contributed by atoms with van der Waals surface area (Å²) < 4.78 is 25.9. The highest BCUT2D eigenvalue weighted by atomic mass is 79.9. The van der Waals surface area contributed by atoms with E-state index in [-0.39, 0.29) is 4.47 Å². The highest BCUT2D eigenvalue weighted by molar-refractivity contribution is 9.10. The van der Waals surface area contributed by atoms with Gasteiger partial charge in [0.1, 0.15) is 11.6 Å². The van der Waals surface area contributed by atoms with E-state index in [1.807, 2.05) is 0 Å². The lowest BCUT2D eigenvalue weighted by Crippen LogP contribution is -2.07. The maximum absolute atomic E-state index is 12.9. The normalized spacial score (nSPS) is 10.3. The fourth-order valence-corrected chi connectivity index (χ4v) is 1.28. The summed E-state index contributed by atoms with van der Waals surface area (Å²) in [6.45, 7) is 0.394. The van der Waals surface area contributed by atoms with E-state index in [4.69, 9.17) is 0 Å². The standard InChI is InChI=1S/C8H8BrF2N/c1-12-4-5-2-6(9)8(11)3-7(5)10/h2-3,12H,4H2,1H3. The molecule has 1 aromatic rings. The fraction of sp³-hybridized carbons (Fsp3) is 0.250. The Labute approximate surface area is 77.9 Å². The monoisotopic (exact) mass is 235 g/mol. The first-order valence-corrected chi connectivity index (χ1v) is 4.22. The van der Waals surface area contributed by atoms with Gasteiger partial charge in [-0.15, -0.1) is 0 Å². The van der Waals surface area contributed by atoms with Crippen molar-refractivity contribution in [3.8, 4) is 0 Å². The van der Waals surface area contributed by atoms with E-state index < -0.39 is 11.6 Å². The Bertz CT molecular complexity index is 289. The van der Waals surface area contributed by atoms with Crippen molar-refractivity contribution in [1.29, 1.82) is 0 Å². The molecule has 0 fully saturated rings. The number of benzene rings is 1. The van der Waals surface area contributed by atoms with Gasteiger partial charge in [0.2, 0.25) is 0 Å². The van der Waals surface area contributed by atoms with Crippen LogP contribution in [0.1, 0.15) is 5.56 Å². The second-order valence-corrected chi connectivity index (χ2v) is 3.24. The summed E-state index contributed by atoms with van der Waals surface area (Å²) in [5.41, 5.74) is 0.450. The zero-order chi connectivity index (χ0) is 9.14. The molecule has 4 heteroatoms. The van der Waals surface area contributed by atoms with Crippen LogP contribution in [-0.2, 0) is 6.54 Å². The van der Waals surface area contributed by atoms with E-state index in [1.54, 1.807) is 7.05 Å². The Morgan fingerprint density at radius 3 is 2.58 bits per heavy atom. The van der Waals surface area contributed by atoms with Crippen LogP contribution < -0.4 is 5.32 Å². The fourth-order valence-electron chi connectivity index (χ4n) is 0.890. The van der Waals surface area contributed by atoms with E-state index in [0.29, 0.717) is 12.1 Å². The van der Waals surface area contributed by atoms with Crippen LogP contribution in [0.3, 0.4) is 0 Å². The average molecular weight is 236 g/mol. The molecule has 0 heterocycles. The van der Waals surface area contributed by atoms with Gasteiger partial charge in [0.05, 0.1) is 4.47 Å². The lowest BCUT2D eigenvalue weighted by Gasteiger charge is -2.03. The molecule has 66 valence electrons. The molecule has 0 aliphatic heterocycles. The van der Waals surface area contributed by atoms with E-state index >= 15 is 0 Å². The predicted molar refractivity (Wildman–Crippen MR) is 46.8 cm³/mol. The quantitative estimate of drug-likeness (QED) is 0.777. The lowest BCUT2D eigenvalue weighted by atomic mass is 10.2. The van der Waals surface area contributed by atoms with Crippen molar-refractivity contribution in [2.45, 2.75) is 6.54 Å². The number of nitrogens with one attached hydrogen (secondary N) is 1. The van der Waals surface area contributed by atoms with Crippen LogP contribution in [0.4, 0.5) is 8.78 Å². The van der Waals surface area contributed by atoms with Crippen LogP contribution in [0.2, 0.25) is 0 Å². The Balaban J connectivity index is 3.05. The molecule has 0 bridgehead atoms. The first-order valence-electron chi connectivity index (χ1n) is 3.43. The largest absolute Gasteiger partial charge is 0.316 e. The molecule has 1 rings (SSSR count). The Hall–Kier alpha value is -0.480. The number of rotatable bonds is 2. The Morgan fingerprint density at radius 2 is 2.00 bits per heavy atom. The van der Waals surface area contributed by atoms with Gasteiger partial charge in [0.25, 0.3) is 0 Å². The summed E-state index contributed by atoms with van der Waals surface area (Å²) in [5, 5.41) is 2.79. The zero-order valence-electron chi connectivity index (χ0n) is 6.50. The molecule has 0 atom stereocenters. The van der Waals surface area contributed by atoms with Crippen LogP contribution in [0.25, 0.3) is 0 Å². The van der Waals surface area contributed by atoms with E-state index in [9.17, 15) is 8.78 Å².